The summed E-state index contributed by atoms with van der Waals surface area (Å²) in [6, 6.07) is -0.123. The Morgan fingerprint density at radius 1 is 1.33 bits per heavy atom. The maximum atomic E-state index is 11.7. The van der Waals surface area contributed by atoms with Gasteiger partial charge < -0.3 is 20.9 Å². The Hall–Kier alpha value is -0.810. The molecule has 5 heteroatoms. The van der Waals surface area contributed by atoms with Crippen LogP contribution in [0, 0.1) is 5.92 Å². The number of nitrogens with two attached hydrogens (primary N) is 1. The second kappa shape index (κ2) is 6.38. The molecule has 0 saturated carbocycles. The number of amides is 1. The van der Waals surface area contributed by atoms with Gasteiger partial charge in [-0.05, 0) is 40.0 Å². The fourth-order valence-corrected chi connectivity index (χ4v) is 1.48. The summed E-state index contributed by atoms with van der Waals surface area (Å²) in [7, 11) is 0. The van der Waals surface area contributed by atoms with Crippen LogP contribution in [0.1, 0.15) is 48.0 Å². The summed E-state index contributed by atoms with van der Waals surface area (Å²) in [6.07, 6.45) is 0.0513. The van der Waals surface area contributed by atoms with Crippen molar-refractivity contribution in [2.45, 2.75) is 65.1 Å². The lowest BCUT2D eigenvalue weighted by Gasteiger charge is -2.31. The summed E-state index contributed by atoms with van der Waals surface area (Å²) < 4.78 is 5.21. The Morgan fingerprint density at radius 3 is 2.17 bits per heavy atom. The van der Waals surface area contributed by atoms with Crippen molar-refractivity contribution in [2.24, 2.45) is 11.7 Å². The molecule has 0 aromatic carbocycles. The fraction of sp³-hybridized carbons (Fsp3) is 0.923. The number of ether oxygens (including phenoxy) is 1. The minimum atomic E-state index is -0.704. The molecule has 108 valence electrons. The van der Waals surface area contributed by atoms with Crippen LogP contribution in [0.2, 0.25) is 0 Å². The summed E-state index contributed by atoms with van der Waals surface area (Å²) in [5.74, 6) is 0.215. The Balaban J connectivity index is 4.51. The van der Waals surface area contributed by atoms with Gasteiger partial charge in [-0.2, -0.15) is 0 Å². The predicted molar refractivity (Wildman–Crippen MR) is 72.3 cm³/mol. The predicted octanol–water partition coefficient (Wildman–Crippen LogP) is 1.64. The first kappa shape index (κ1) is 17.2. The van der Waals surface area contributed by atoms with Gasteiger partial charge in [-0.3, -0.25) is 0 Å². The summed E-state index contributed by atoms with van der Waals surface area (Å²) in [4.78, 5) is 11.7. The molecule has 0 fully saturated rings. The molecule has 1 amide bonds. The lowest BCUT2D eigenvalue weighted by atomic mass is 9.89. The van der Waals surface area contributed by atoms with Crippen LogP contribution in [0.3, 0.4) is 0 Å². The summed E-state index contributed by atoms with van der Waals surface area (Å²) in [5.41, 5.74) is 4.69. The Morgan fingerprint density at radius 2 is 1.83 bits per heavy atom. The third-order valence-corrected chi connectivity index (χ3v) is 2.55. The van der Waals surface area contributed by atoms with Gasteiger partial charge in [-0.15, -0.1) is 0 Å². The van der Waals surface area contributed by atoms with E-state index in [-0.39, 0.29) is 18.6 Å². The van der Waals surface area contributed by atoms with Crippen LogP contribution in [0.15, 0.2) is 0 Å². The van der Waals surface area contributed by atoms with E-state index in [0.717, 1.165) is 0 Å². The fourth-order valence-electron chi connectivity index (χ4n) is 1.48. The van der Waals surface area contributed by atoms with Crippen LogP contribution in [-0.4, -0.2) is 35.0 Å². The molecule has 0 saturated heterocycles. The number of hydrogen-bond donors (Lipinski definition) is 3. The van der Waals surface area contributed by atoms with Gasteiger partial charge in [0, 0.05) is 11.6 Å². The molecule has 0 spiro atoms. The van der Waals surface area contributed by atoms with E-state index in [1.54, 1.807) is 6.92 Å². The maximum Gasteiger partial charge on any atom is 0.407 e. The quantitative estimate of drug-likeness (QED) is 0.701. The van der Waals surface area contributed by atoms with Crippen molar-refractivity contribution < 1.29 is 14.6 Å². The largest absolute Gasteiger partial charge is 0.444 e. The molecule has 4 N–H and O–H groups in total. The standard InChI is InChI=1S/C13H28N2O3/c1-9(2)10(7-13(6,14)8-16)15-11(17)18-12(3,4)5/h9-10,16H,7-8,14H2,1-6H3,(H,15,17). The average Bonchev–Trinajstić information content (AvgIpc) is 2.13. The van der Waals surface area contributed by atoms with Gasteiger partial charge >= 0.3 is 6.09 Å². The highest BCUT2D eigenvalue weighted by atomic mass is 16.6. The van der Waals surface area contributed by atoms with Crippen molar-refractivity contribution in [1.82, 2.24) is 5.32 Å². The Kier molecular flexibility index (Phi) is 6.10. The van der Waals surface area contributed by atoms with Crippen molar-refractivity contribution >= 4 is 6.09 Å². The molecular formula is C13H28N2O3. The number of carbonyl (C=O) groups is 1. The highest BCUT2D eigenvalue weighted by molar-refractivity contribution is 5.68. The van der Waals surface area contributed by atoms with E-state index in [2.05, 4.69) is 5.32 Å². The molecule has 0 aromatic heterocycles. The molecule has 0 aromatic rings. The number of alkyl carbamates (subject to hydrolysis) is 1. The van der Waals surface area contributed by atoms with E-state index in [1.165, 1.54) is 0 Å². The van der Waals surface area contributed by atoms with E-state index in [1.807, 2.05) is 34.6 Å². The zero-order valence-corrected chi connectivity index (χ0v) is 12.4. The highest BCUT2D eigenvalue weighted by Crippen LogP contribution is 2.16. The van der Waals surface area contributed by atoms with E-state index < -0.39 is 17.2 Å². The first-order valence-corrected chi connectivity index (χ1v) is 6.36. The van der Waals surface area contributed by atoms with Gasteiger partial charge in [0.2, 0.25) is 0 Å². The van der Waals surface area contributed by atoms with Gasteiger partial charge in [0.05, 0.1) is 6.61 Å². The number of carbonyl (C=O) groups excluding carboxylic acids is 1. The second-order valence-corrected chi connectivity index (χ2v) is 6.51. The van der Waals surface area contributed by atoms with Crippen LogP contribution < -0.4 is 11.1 Å². The summed E-state index contributed by atoms with van der Waals surface area (Å²) >= 11 is 0. The van der Waals surface area contributed by atoms with Crippen molar-refractivity contribution in [3.05, 3.63) is 0 Å². The first-order valence-electron chi connectivity index (χ1n) is 6.36. The normalized spacial score (nSPS) is 17.2. The summed E-state index contributed by atoms with van der Waals surface area (Å²) in [5, 5.41) is 12.0. The molecule has 18 heavy (non-hydrogen) atoms. The molecule has 0 aliphatic carbocycles. The van der Waals surface area contributed by atoms with Crippen molar-refractivity contribution in [2.75, 3.05) is 6.61 Å². The number of aliphatic hydroxyl groups excluding tert-OH is 1. The average molecular weight is 260 g/mol. The highest BCUT2D eigenvalue weighted by Gasteiger charge is 2.27. The third-order valence-electron chi connectivity index (χ3n) is 2.55. The minimum absolute atomic E-state index is 0.119. The number of hydrogen-bond acceptors (Lipinski definition) is 4. The van der Waals surface area contributed by atoms with Crippen LogP contribution in [0.5, 0.6) is 0 Å². The van der Waals surface area contributed by atoms with Gasteiger partial charge in [-0.25, -0.2) is 4.79 Å². The van der Waals surface area contributed by atoms with Crippen molar-refractivity contribution in [1.29, 1.82) is 0 Å². The van der Waals surface area contributed by atoms with Crippen LogP contribution >= 0.6 is 0 Å². The molecule has 0 heterocycles. The van der Waals surface area contributed by atoms with E-state index in [4.69, 9.17) is 10.5 Å². The monoisotopic (exact) mass is 260 g/mol. The molecular weight excluding hydrogens is 232 g/mol. The summed E-state index contributed by atoms with van der Waals surface area (Å²) in [6.45, 7) is 11.1. The van der Waals surface area contributed by atoms with Gasteiger partial charge in [0.25, 0.3) is 0 Å². The number of aliphatic hydroxyl groups is 1. The van der Waals surface area contributed by atoms with Gasteiger partial charge in [-0.1, -0.05) is 13.8 Å². The van der Waals surface area contributed by atoms with Crippen molar-refractivity contribution in [3.8, 4) is 0 Å². The van der Waals surface area contributed by atoms with Crippen LogP contribution in [0.4, 0.5) is 4.79 Å². The van der Waals surface area contributed by atoms with E-state index in [9.17, 15) is 9.90 Å². The SMILES string of the molecule is CC(C)C(CC(C)(N)CO)NC(=O)OC(C)(C)C. The van der Waals surface area contributed by atoms with Gasteiger partial charge in [0.1, 0.15) is 5.60 Å². The maximum absolute atomic E-state index is 11.7. The molecule has 2 unspecified atom stereocenters. The topological polar surface area (TPSA) is 84.6 Å². The minimum Gasteiger partial charge on any atom is -0.444 e. The molecule has 0 rings (SSSR count). The lowest BCUT2D eigenvalue weighted by molar-refractivity contribution is 0.0472. The zero-order chi connectivity index (χ0) is 14.6. The molecule has 0 aliphatic rings. The van der Waals surface area contributed by atoms with E-state index in [0.29, 0.717) is 6.42 Å². The van der Waals surface area contributed by atoms with Crippen LogP contribution in [0.25, 0.3) is 0 Å². The smallest absolute Gasteiger partial charge is 0.407 e. The molecule has 0 bridgehead atoms. The van der Waals surface area contributed by atoms with Crippen LogP contribution in [-0.2, 0) is 4.74 Å². The zero-order valence-electron chi connectivity index (χ0n) is 12.4. The molecule has 0 radical (unpaired) electrons. The number of nitrogens with one attached hydrogen (secondary N) is 1. The second-order valence-electron chi connectivity index (χ2n) is 6.51. The molecule has 5 nitrogen and oxygen atoms in total. The third kappa shape index (κ3) is 7.50. The number of rotatable bonds is 5. The molecule has 0 aliphatic heterocycles. The molecule has 2 atom stereocenters. The first-order chi connectivity index (χ1) is 7.97. The van der Waals surface area contributed by atoms with Gasteiger partial charge in [0.15, 0.2) is 0 Å². The Bertz CT molecular complexity index is 270. The lowest BCUT2D eigenvalue weighted by Crippen LogP contribution is -2.50. The van der Waals surface area contributed by atoms with E-state index >= 15 is 0 Å². The Labute approximate surface area is 110 Å². The van der Waals surface area contributed by atoms with Crippen molar-refractivity contribution in [3.63, 3.8) is 0 Å².